The van der Waals surface area contributed by atoms with Gasteiger partial charge in [-0.1, -0.05) is 48.5 Å². The van der Waals surface area contributed by atoms with Crippen LogP contribution in [0, 0.1) is 0 Å². The Morgan fingerprint density at radius 1 is 1.11 bits per heavy atom. The fraction of sp³-hybridized carbons (Fsp3) is 0.348. The zero-order chi connectivity index (χ0) is 19.1. The van der Waals surface area contributed by atoms with Crippen LogP contribution >= 0.6 is 0 Å². The number of carbonyl (C=O) groups excluding carboxylic acids is 1. The van der Waals surface area contributed by atoms with E-state index in [1.54, 1.807) is 7.11 Å². The number of methoxy groups -OCH3 is 1. The molecule has 0 aliphatic heterocycles. The third-order valence-corrected chi connectivity index (χ3v) is 5.05. The number of aromatic nitrogens is 1. The average molecular weight is 364 g/mol. The SMILES string of the molecule is COCCNC(=O)C[C@H](CCc1ccccc1)c1cn(C)c2ccccc12. The minimum absolute atomic E-state index is 0.0815. The van der Waals surface area contributed by atoms with Gasteiger partial charge in [-0.2, -0.15) is 0 Å². The molecule has 142 valence electrons. The van der Waals surface area contributed by atoms with Crippen LogP contribution in [0.1, 0.15) is 29.9 Å². The molecular weight excluding hydrogens is 336 g/mol. The average Bonchev–Trinajstić information content (AvgIpc) is 3.03. The maximum atomic E-state index is 12.5. The molecule has 0 saturated heterocycles. The highest BCUT2D eigenvalue weighted by Gasteiger charge is 2.20. The Morgan fingerprint density at radius 3 is 2.63 bits per heavy atom. The van der Waals surface area contributed by atoms with Crippen molar-refractivity contribution in [2.45, 2.75) is 25.2 Å². The fourth-order valence-electron chi connectivity index (χ4n) is 3.64. The predicted octanol–water partition coefficient (Wildman–Crippen LogP) is 4.05. The first kappa shape index (κ1) is 19.2. The van der Waals surface area contributed by atoms with Crippen molar-refractivity contribution < 1.29 is 9.53 Å². The maximum Gasteiger partial charge on any atom is 0.220 e. The molecule has 3 aromatic rings. The van der Waals surface area contributed by atoms with E-state index >= 15 is 0 Å². The van der Waals surface area contributed by atoms with Crippen LogP contribution in [0.25, 0.3) is 10.9 Å². The Balaban J connectivity index is 1.81. The summed E-state index contributed by atoms with van der Waals surface area (Å²) in [5.41, 5.74) is 3.77. The zero-order valence-corrected chi connectivity index (χ0v) is 16.2. The van der Waals surface area contributed by atoms with Crippen molar-refractivity contribution >= 4 is 16.8 Å². The lowest BCUT2D eigenvalue weighted by atomic mass is 9.89. The summed E-state index contributed by atoms with van der Waals surface area (Å²) in [4.78, 5) is 12.5. The molecule has 2 aromatic carbocycles. The van der Waals surface area contributed by atoms with E-state index in [1.165, 1.54) is 22.0 Å². The number of amides is 1. The quantitative estimate of drug-likeness (QED) is 0.582. The van der Waals surface area contributed by atoms with Gasteiger partial charge in [-0.3, -0.25) is 4.79 Å². The smallest absolute Gasteiger partial charge is 0.220 e. The molecule has 1 N–H and O–H groups in total. The monoisotopic (exact) mass is 364 g/mol. The second-order valence-electron chi connectivity index (χ2n) is 6.98. The number of rotatable bonds is 9. The first-order valence-corrected chi connectivity index (χ1v) is 9.52. The van der Waals surface area contributed by atoms with Crippen LogP contribution in [-0.4, -0.2) is 30.7 Å². The molecular formula is C23H28N2O2. The van der Waals surface area contributed by atoms with E-state index in [4.69, 9.17) is 4.74 Å². The number of para-hydroxylation sites is 1. The van der Waals surface area contributed by atoms with Gasteiger partial charge in [0.15, 0.2) is 0 Å². The molecule has 0 bridgehead atoms. The molecule has 3 rings (SSSR count). The van der Waals surface area contributed by atoms with Gasteiger partial charge in [-0.25, -0.2) is 0 Å². The minimum Gasteiger partial charge on any atom is -0.383 e. The van der Waals surface area contributed by atoms with Gasteiger partial charge in [0.05, 0.1) is 6.61 Å². The number of nitrogens with zero attached hydrogens (tertiary/aromatic N) is 1. The van der Waals surface area contributed by atoms with Crippen LogP contribution in [0.3, 0.4) is 0 Å². The number of hydrogen-bond donors (Lipinski definition) is 1. The third kappa shape index (κ3) is 4.98. The summed E-state index contributed by atoms with van der Waals surface area (Å²) >= 11 is 0. The molecule has 4 nitrogen and oxygen atoms in total. The Morgan fingerprint density at radius 2 is 1.85 bits per heavy atom. The van der Waals surface area contributed by atoms with E-state index in [9.17, 15) is 4.79 Å². The third-order valence-electron chi connectivity index (χ3n) is 5.05. The van der Waals surface area contributed by atoms with E-state index < -0.39 is 0 Å². The molecule has 0 radical (unpaired) electrons. The number of benzene rings is 2. The standard InChI is InChI=1S/C23H28N2O2/c1-25-17-21(20-10-6-7-11-22(20)25)19(16-23(26)24-14-15-27-2)13-12-18-8-4-3-5-9-18/h3-11,17,19H,12-16H2,1-2H3,(H,24,26)/t19-/m0/s1. The van der Waals surface area contributed by atoms with Gasteiger partial charge in [-0.15, -0.1) is 0 Å². The summed E-state index contributed by atoms with van der Waals surface area (Å²) in [6.45, 7) is 1.09. The van der Waals surface area contributed by atoms with Crippen molar-refractivity contribution in [3.8, 4) is 0 Å². The van der Waals surface area contributed by atoms with Gasteiger partial charge in [0.2, 0.25) is 5.91 Å². The summed E-state index contributed by atoms with van der Waals surface area (Å²) < 4.78 is 7.19. The molecule has 0 unspecified atom stereocenters. The molecule has 0 spiro atoms. The van der Waals surface area contributed by atoms with Crippen molar-refractivity contribution in [1.29, 1.82) is 0 Å². The largest absolute Gasteiger partial charge is 0.383 e. The van der Waals surface area contributed by atoms with E-state index in [2.05, 4.69) is 71.7 Å². The second-order valence-corrected chi connectivity index (χ2v) is 6.98. The Kier molecular flexibility index (Phi) is 6.66. The minimum atomic E-state index is 0.0815. The van der Waals surface area contributed by atoms with Gasteiger partial charge in [0.1, 0.15) is 0 Å². The molecule has 1 aromatic heterocycles. The number of hydrogen-bond acceptors (Lipinski definition) is 2. The first-order chi connectivity index (χ1) is 13.2. The van der Waals surface area contributed by atoms with Gasteiger partial charge in [-0.05, 0) is 36.0 Å². The molecule has 1 amide bonds. The van der Waals surface area contributed by atoms with Crippen LogP contribution in [-0.2, 0) is 23.0 Å². The number of aryl methyl sites for hydroxylation is 2. The van der Waals surface area contributed by atoms with Crippen LogP contribution < -0.4 is 5.32 Å². The Labute approximate surface area is 161 Å². The lowest BCUT2D eigenvalue weighted by Crippen LogP contribution is -2.28. The summed E-state index contributed by atoms with van der Waals surface area (Å²) in [7, 11) is 3.71. The van der Waals surface area contributed by atoms with Gasteiger partial charge in [0.25, 0.3) is 0 Å². The van der Waals surface area contributed by atoms with Crippen LogP contribution in [0.5, 0.6) is 0 Å². The molecule has 27 heavy (non-hydrogen) atoms. The highest BCUT2D eigenvalue weighted by molar-refractivity contribution is 5.85. The molecule has 0 aliphatic carbocycles. The molecule has 1 heterocycles. The number of nitrogens with one attached hydrogen (secondary N) is 1. The van der Waals surface area contributed by atoms with Crippen LogP contribution in [0.4, 0.5) is 0 Å². The molecule has 0 aliphatic rings. The lowest BCUT2D eigenvalue weighted by molar-refractivity contribution is -0.121. The van der Waals surface area contributed by atoms with Gasteiger partial charge in [0, 0.05) is 44.2 Å². The van der Waals surface area contributed by atoms with E-state index in [-0.39, 0.29) is 11.8 Å². The number of fused-ring (bicyclic) bond motifs is 1. The van der Waals surface area contributed by atoms with Gasteiger partial charge >= 0.3 is 0 Å². The van der Waals surface area contributed by atoms with Crippen molar-refractivity contribution in [3.05, 3.63) is 71.9 Å². The summed E-state index contributed by atoms with van der Waals surface area (Å²) in [6, 6.07) is 18.9. The highest BCUT2D eigenvalue weighted by Crippen LogP contribution is 2.32. The summed E-state index contributed by atoms with van der Waals surface area (Å²) in [5.74, 6) is 0.261. The normalized spacial score (nSPS) is 12.2. The maximum absolute atomic E-state index is 12.5. The molecule has 0 saturated carbocycles. The van der Waals surface area contributed by atoms with E-state index in [1.807, 2.05) is 6.07 Å². The summed E-state index contributed by atoms with van der Waals surface area (Å²) in [6.07, 6.45) is 4.57. The zero-order valence-electron chi connectivity index (χ0n) is 16.2. The number of carbonyl (C=O) groups is 1. The Bertz CT molecular complexity index is 870. The first-order valence-electron chi connectivity index (χ1n) is 9.52. The lowest BCUT2D eigenvalue weighted by Gasteiger charge is -2.17. The highest BCUT2D eigenvalue weighted by atomic mass is 16.5. The molecule has 0 fully saturated rings. The Hall–Kier alpha value is -2.59. The van der Waals surface area contributed by atoms with Crippen molar-refractivity contribution in [3.63, 3.8) is 0 Å². The number of ether oxygens (including phenoxy) is 1. The molecule has 4 heteroatoms. The van der Waals surface area contributed by atoms with Crippen molar-refractivity contribution in [2.75, 3.05) is 20.3 Å². The summed E-state index contributed by atoms with van der Waals surface area (Å²) in [5, 5.41) is 4.20. The van der Waals surface area contributed by atoms with Crippen LogP contribution in [0.2, 0.25) is 0 Å². The van der Waals surface area contributed by atoms with Gasteiger partial charge < -0.3 is 14.6 Å². The van der Waals surface area contributed by atoms with Crippen LogP contribution in [0.15, 0.2) is 60.8 Å². The van der Waals surface area contributed by atoms with Crippen molar-refractivity contribution in [1.82, 2.24) is 9.88 Å². The second kappa shape index (κ2) is 9.38. The van der Waals surface area contributed by atoms with E-state index in [0.717, 1.165) is 12.8 Å². The van der Waals surface area contributed by atoms with E-state index in [0.29, 0.717) is 19.6 Å². The topological polar surface area (TPSA) is 43.3 Å². The molecule has 1 atom stereocenters. The predicted molar refractivity (Wildman–Crippen MR) is 110 cm³/mol. The fourth-order valence-corrected chi connectivity index (χ4v) is 3.64. The van der Waals surface area contributed by atoms with Crippen molar-refractivity contribution in [2.24, 2.45) is 7.05 Å².